The van der Waals surface area contributed by atoms with E-state index in [1.807, 2.05) is 24.3 Å². The maximum absolute atomic E-state index is 9.56. The number of hydrogen-bond acceptors (Lipinski definition) is 4. The topological polar surface area (TPSA) is 47.9 Å². The Kier molecular flexibility index (Phi) is 2.50. The minimum Gasteiger partial charge on any atom is -0.504 e. The summed E-state index contributed by atoms with van der Waals surface area (Å²) in [5.41, 5.74) is 0. The molecule has 0 bridgehead atoms. The lowest BCUT2D eigenvalue weighted by atomic mass is 10.3. The van der Waals surface area contributed by atoms with Crippen molar-refractivity contribution in [3.63, 3.8) is 0 Å². The fourth-order valence-corrected chi connectivity index (χ4v) is 2.48. The summed E-state index contributed by atoms with van der Waals surface area (Å²) in [6, 6.07) is 14.1. The van der Waals surface area contributed by atoms with E-state index in [2.05, 4.69) is 0 Å². The summed E-state index contributed by atoms with van der Waals surface area (Å²) in [6.45, 7) is 0. The second kappa shape index (κ2) is 4.15. The Labute approximate surface area is 99.4 Å². The molecule has 17 heavy (non-hydrogen) atoms. The number of para-hydroxylation sites is 4. The predicted molar refractivity (Wildman–Crippen MR) is 63.4 cm³/mol. The van der Waals surface area contributed by atoms with Crippen LogP contribution in [0.1, 0.15) is 0 Å². The molecule has 0 unspecified atom stereocenters. The predicted octanol–water partition coefficient (Wildman–Crippen LogP) is 3.47. The molecule has 1 aliphatic rings. The van der Waals surface area contributed by atoms with Crippen LogP contribution in [0.3, 0.4) is 0 Å². The molecule has 0 saturated heterocycles. The van der Waals surface area contributed by atoms with Gasteiger partial charge in [0.15, 0.2) is 23.0 Å². The van der Waals surface area contributed by atoms with E-state index in [1.165, 1.54) is 0 Å². The Morgan fingerprint density at radius 2 is 1.47 bits per heavy atom. The second-order valence-electron chi connectivity index (χ2n) is 3.41. The third-order valence-corrected chi connectivity index (χ3v) is 3.27. The third kappa shape index (κ3) is 1.99. The molecule has 2 aromatic rings. The highest BCUT2D eigenvalue weighted by atomic mass is 31.2. The first-order chi connectivity index (χ1) is 8.33. The number of aromatic hydroxyl groups is 1. The van der Waals surface area contributed by atoms with E-state index >= 15 is 0 Å². The zero-order chi connectivity index (χ0) is 11.7. The van der Waals surface area contributed by atoms with Crippen molar-refractivity contribution in [3.8, 4) is 23.0 Å². The lowest BCUT2D eigenvalue weighted by Crippen LogP contribution is -1.94. The summed E-state index contributed by atoms with van der Waals surface area (Å²) in [5, 5.41) is 9.56. The van der Waals surface area contributed by atoms with Crippen LogP contribution < -0.4 is 13.6 Å². The highest BCUT2D eigenvalue weighted by molar-refractivity contribution is 7.43. The molecule has 2 aromatic carbocycles. The van der Waals surface area contributed by atoms with Gasteiger partial charge in [0.25, 0.3) is 0 Å². The number of rotatable bonds is 2. The van der Waals surface area contributed by atoms with Crippen molar-refractivity contribution >= 4 is 8.60 Å². The van der Waals surface area contributed by atoms with Crippen LogP contribution in [0.25, 0.3) is 0 Å². The van der Waals surface area contributed by atoms with Gasteiger partial charge in [0, 0.05) is 0 Å². The van der Waals surface area contributed by atoms with Gasteiger partial charge in [-0.1, -0.05) is 24.3 Å². The van der Waals surface area contributed by atoms with Crippen LogP contribution >= 0.6 is 8.60 Å². The van der Waals surface area contributed by atoms with E-state index in [1.54, 1.807) is 24.3 Å². The van der Waals surface area contributed by atoms with Crippen LogP contribution in [0.5, 0.6) is 23.0 Å². The monoisotopic (exact) mass is 248 g/mol. The molecular formula is C12H9O4P. The molecule has 0 aromatic heterocycles. The standard InChI is InChI=1S/C12H9O4P/c13-9-5-1-2-6-10(9)14-17-15-11-7-3-4-8-12(11)16-17/h1-8,13H. The lowest BCUT2D eigenvalue weighted by molar-refractivity contribution is 0.402. The summed E-state index contributed by atoms with van der Waals surface area (Å²) in [5.74, 6) is 1.74. The molecule has 0 fully saturated rings. The summed E-state index contributed by atoms with van der Waals surface area (Å²) >= 11 is 0. The molecule has 0 radical (unpaired) electrons. The molecule has 0 saturated carbocycles. The number of fused-ring (bicyclic) bond motifs is 1. The molecule has 0 atom stereocenters. The first-order valence-corrected chi connectivity index (χ1v) is 6.13. The highest BCUT2D eigenvalue weighted by Gasteiger charge is 2.29. The van der Waals surface area contributed by atoms with Crippen molar-refractivity contribution in [1.29, 1.82) is 0 Å². The molecule has 1 aliphatic heterocycles. The summed E-state index contributed by atoms with van der Waals surface area (Å²) in [7, 11) is -1.52. The molecule has 1 heterocycles. The maximum atomic E-state index is 9.56. The van der Waals surface area contributed by atoms with Gasteiger partial charge in [0.1, 0.15) is 0 Å². The largest absolute Gasteiger partial charge is 0.530 e. The molecule has 5 heteroatoms. The third-order valence-electron chi connectivity index (χ3n) is 2.23. The first-order valence-electron chi connectivity index (χ1n) is 5.04. The van der Waals surface area contributed by atoms with Crippen molar-refractivity contribution in [2.24, 2.45) is 0 Å². The minimum absolute atomic E-state index is 0.0677. The number of phenols is 1. The molecule has 1 N–H and O–H groups in total. The minimum atomic E-state index is -1.52. The SMILES string of the molecule is Oc1ccccc1OP1Oc2ccccc2O1. The molecule has 3 rings (SSSR count). The van der Waals surface area contributed by atoms with Crippen molar-refractivity contribution in [3.05, 3.63) is 48.5 Å². The summed E-state index contributed by atoms with van der Waals surface area (Å²) < 4.78 is 16.4. The summed E-state index contributed by atoms with van der Waals surface area (Å²) in [6.07, 6.45) is 0. The summed E-state index contributed by atoms with van der Waals surface area (Å²) in [4.78, 5) is 0. The Morgan fingerprint density at radius 1 is 0.882 bits per heavy atom. The van der Waals surface area contributed by atoms with Crippen molar-refractivity contribution in [1.82, 2.24) is 0 Å². The van der Waals surface area contributed by atoms with Gasteiger partial charge in [-0.15, -0.1) is 0 Å². The van der Waals surface area contributed by atoms with Gasteiger partial charge in [0.2, 0.25) is 0 Å². The fourth-order valence-electron chi connectivity index (χ4n) is 1.43. The van der Waals surface area contributed by atoms with E-state index in [0.29, 0.717) is 17.2 Å². The lowest BCUT2D eigenvalue weighted by Gasteiger charge is -2.09. The molecule has 0 spiro atoms. The Morgan fingerprint density at radius 3 is 2.12 bits per heavy atom. The van der Waals surface area contributed by atoms with E-state index in [0.717, 1.165) is 0 Å². The van der Waals surface area contributed by atoms with Crippen LogP contribution in [0, 0.1) is 0 Å². The van der Waals surface area contributed by atoms with E-state index < -0.39 is 8.60 Å². The second-order valence-corrected chi connectivity index (χ2v) is 4.41. The first kappa shape index (κ1) is 10.2. The van der Waals surface area contributed by atoms with Gasteiger partial charge in [-0.25, -0.2) is 0 Å². The highest BCUT2D eigenvalue weighted by Crippen LogP contribution is 2.53. The van der Waals surface area contributed by atoms with Crippen molar-refractivity contribution in [2.45, 2.75) is 0 Å². The van der Waals surface area contributed by atoms with Crippen LogP contribution in [-0.4, -0.2) is 5.11 Å². The van der Waals surface area contributed by atoms with Crippen LogP contribution in [0.4, 0.5) is 0 Å². The zero-order valence-electron chi connectivity index (χ0n) is 8.74. The molecular weight excluding hydrogens is 239 g/mol. The van der Waals surface area contributed by atoms with Gasteiger partial charge in [-0.05, 0) is 24.3 Å². The zero-order valence-corrected chi connectivity index (χ0v) is 9.63. The number of benzene rings is 2. The van der Waals surface area contributed by atoms with Gasteiger partial charge in [-0.3, -0.25) is 0 Å². The average Bonchev–Trinajstić information content (AvgIpc) is 2.74. The van der Waals surface area contributed by atoms with Crippen molar-refractivity contribution in [2.75, 3.05) is 0 Å². The van der Waals surface area contributed by atoms with Crippen LogP contribution in [-0.2, 0) is 0 Å². The molecule has 86 valence electrons. The average molecular weight is 248 g/mol. The van der Waals surface area contributed by atoms with E-state index in [4.69, 9.17) is 13.6 Å². The van der Waals surface area contributed by atoms with Crippen molar-refractivity contribution < 1.29 is 18.7 Å². The van der Waals surface area contributed by atoms with E-state index in [-0.39, 0.29) is 5.75 Å². The normalized spacial score (nSPS) is 13.6. The maximum Gasteiger partial charge on any atom is 0.530 e. The van der Waals surface area contributed by atoms with Gasteiger partial charge >= 0.3 is 8.60 Å². The Bertz CT molecular complexity index is 519. The smallest absolute Gasteiger partial charge is 0.504 e. The molecule has 0 aliphatic carbocycles. The van der Waals surface area contributed by atoms with Gasteiger partial charge in [-0.2, -0.15) is 0 Å². The molecule has 0 amide bonds. The van der Waals surface area contributed by atoms with Gasteiger partial charge in [0.05, 0.1) is 0 Å². The van der Waals surface area contributed by atoms with E-state index in [9.17, 15) is 5.11 Å². The van der Waals surface area contributed by atoms with Gasteiger partial charge < -0.3 is 18.7 Å². The number of hydrogen-bond donors (Lipinski definition) is 1. The Hall–Kier alpha value is -1.93. The quantitative estimate of drug-likeness (QED) is 0.826. The Balaban J connectivity index is 1.76. The van der Waals surface area contributed by atoms with Crippen LogP contribution in [0.2, 0.25) is 0 Å². The fraction of sp³-hybridized carbons (Fsp3) is 0. The molecule has 4 nitrogen and oxygen atoms in total. The number of phenolic OH excluding ortho intramolecular Hbond substituents is 1. The van der Waals surface area contributed by atoms with Crippen LogP contribution in [0.15, 0.2) is 48.5 Å².